The van der Waals surface area contributed by atoms with Crippen molar-refractivity contribution in [2.75, 3.05) is 32.6 Å². The molecule has 1 amide bonds. The van der Waals surface area contributed by atoms with E-state index in [1.807, 2.05) is 0 Å². The van der Waals surface area contributed by atoms with Crippen LogP contribution in [0.5, 0.6) is 11.5 Å². The molecule has 2 aliphatic rings. The first-order valence-electron chi connectivity index (χ1n) is 11.5. The highest BCUT2D eigenvalue weighted by Crippen LogP contribution is 2.45. The van der Waals surface area contributed by atoms with E-state index in [1.165, 1.54) is 14.2 Å². The van der Waals surface area contributed by atoms with E-state index in [9.17, 15) is 18.0 Å². The summed E-state index contributed by atoms with van der Waals surface area (Å²) >= 11 is 0. The lowest BCUT2D eigenvalue weighted by Gasteiger charge is -2.36. The molecule has 3 N–H and O–H groups in total. The predicted molar refractivity (Wildman–Crippen MR) is 134 cm³/mol. The second kappa shape index (κ2) is 10.1. The summed E-state index contributed by atoms with van der Waals surface area (Å²) in [6.45, 7) is 1.03. The Morgan fingerprint density at radius 1 is 1.05 bits per heavy atom. The van der Waals surface area contributed by atoms with Crippen molar-refractivity contribution in [1.82, 2.24) is 14.7 Å². The van der Waals surface area contributed by atoms with Gasteiger partial charge in [-0.15, -0.1) is 12.4 Å². The molecular formula is C25H27ClF3N5O3. The normalized spacial score (nSPS) is 19.2. The molecular weight excluding hydrogens is 511 g/mol. The number of ether oxygens (including phenoxy) is 2. The van der Waals surface area contributed by atoms with Crippen LogP contribution in [0.25, 0.3) is 11.3 Å². The standard InChI is InChI=1S/C25H26F3N5O3.ClH/c1-35-20-8-7-16(9-21(20)36-2)18-10-22(25(26,27)28)33-23(30-18)11-19(31-33)14-3-5-15(6-4-14)24(34)32-12-17(29)13-32;/h3-9,11,17-18,22,30H,10,12-13,29H2,1-2H3;1H/t18-,22+;/m0./s1. The number of halogens is 4. The molecule has 3 heterocycles. The van der Waals surface area contributed by atoms with Gasteiger partial charge in [-0.3, -0.25) is 4.79 Å². The molecule has 0 unspecified atom stereocenters. The number of methoxy groups -OCH3 is 2. The lowest BCUT2D eigenvalue weighted by Crippen LogP contribution is -2.57. The van der Waals surface area contributed by atoms with Gasteiger partial charge in [0.1, 0.15) is 5.82 Å². The Bertz CT molecular complexity index is 1280. The van der Waals surface area contributed by atoms with Gasteiger partial charge in [0.2, 0.25) is 0 Å². The van der Waals surface area contributed by atoms with Crippen molar-refractivity contribution in [2.24, 2.45) is 5.73 Å². The van der Waals surface area contributed by atoms with Crippen molar-refractivity contribution in [1.29, 1.82) is 0 Å². The van der Waals surface area contributed by atoms with Crippen molar-refractivity contribution in [3.63, 3.8) is 0 Å². The molecule has 1 saturated heterocycles. The summed E-state index contributed by atoms with van der Waals surface area (Å²) in [5.74, 6) is 1.07. The van der Waals surface area contributed by atoms with Crippen LogP contribution in [0.3, 0.4) is 0 Å². The summed E-state index contributed by atoms with van der Waals surface area (Å²) in [6, 6.07) is 10.9. The lowest BCUT2D eigenvalue weighted by atomic mass is 9.96. The minimum atomic E-state index is -4.50. The predicted octanol–water partition coefficient (Wildman–Crippen LogP) is 4.43. The summed E-state index contributed by atoms with van der Waals surface area (Å²) in [7, 11) is 2.98. The first kappa shape index (κ1) is 26.6. The summed E-state index contributed by atoms with van der Waals surface area (Å²) in [5.41, 5.74) is 7.87. The van der Waals surface area contributed by atoms with Crippen molar-refractivity contribution in [3.8, 4) is 22.8 Å². The van der Waals surface area contributed by atoms with E-state index < -0.39 is 18.3 Å². The number of nitrogens with one attached hydrogen (secondary N) is 1. The fourth-order valence-electron chi connectivity index (χ4n) is 4.65. The van der Waals surface area contributed by atoms with Gasteiger partial charge < -0.3 is 25.4 Å². The third-order valence-corrected chi connectivity index (χ3v) is 6.62. The quantitative estimate of drug-likeness (QED) is 0.500. The number of carbonyl (C=O) groups is 1. The van der Waals surface area contributed by atoms with E-state index in [1.54, 1.807) is 53.4 Å². The Morgan fingerprint density at radius 2 is 1.73 bits per heavy atom. The van der Waals surface area contributed by atoms with Crippen molar-refractivity contribution >= 4 is 24.1 Å². The topological polar surface area (TPSA) is 94.6 Å². The van der Waals surface area contributed by atoms with Crippen LogP contribution < -0.4 is 20.5 Å². The minimum absolute atomic E-state index is 0. The number of likely N-dealkylation sites (tertiary alicyclic amines) is 1. The molecule has 0 saturated carbocycles. The largest absolute Gasteiger partial charge is 0.493 e. The maximum atomic E-state index is 14.1. The number of rotatable bonds is 5. The summed E-state index contributed by atoms with van der Waals surface area (Å²) in [6.07, 6.45) is -4.73. The van der Waals surface area contributed by atoms with Gasteiger partial charge in [-0.05, 0) is 29.8 Å². The molecule has 8 nitrogen and oxygen atoms in total. The number of hydrogen-bond acceptors (Lipinski definition) is 6. The highest BCUT2D eigenvalue weighted by atomic mass is 35.5. The maximum absolute atomic E-state index is 14.1. The van der Waals surface area contributed by atoms with E-state index in [-0.39, 0.29) is 36.6 Å². The maximum Gasteiger partial charge on any atom is 0.410 e. The number of hydrogen-bond donors (Lipinski definition) is 2. The second-order valence-corrected chi connectivity index (χ2v) is 9.01. The van der Waals surface area contributed by atoms with Crippen LogP contribution in [0.4, 0.5) is 19.0 Å². The SMILES string of the molecule is COc1ccc([C@@H]2C[C@H](C(F)(F)F)n3nc(-c4ccc(C(=O)N5CC(N)C5)cc4)cc3N2)cc1OC.Cl. The van der Waals surface area contributed by atoms with Crippen LogP contribution in [-0.4, -0.2) is 60.1 Å². The molecule has 2 aliphatic heterocycles. The molecule has 3 aromatic rings. The first-order chi connectivity index (χ1) is 17.2. The third kappa shape index (κ3) is 5.05. The Balaban J connectivity index is 0.00000320. The van der Waals surface area contributed by atoms with E-state index in [0.29, 0.717) is 47.0 Å². The molecule has 12 heteroatoms. The van der Waals surface area contributed by atoms with E-state index in [2.05, 4.69) is 10.4 Å². The number of anilines is 1. The third-order valence-electron chi connectivity index (χ3n) is 6.62. The Hall–Kier alpha value is -3.44. The molecule has 1 aromatic heterocycles. The molecule has 0 aliphatic carbocycles. The Labute approximate surface area is 217 Å². The lowest BCUT2D eigenvalue weighted by molar-refractivity contribution is -0.173. The average Bonchev–Trinajstić information content (AvgIpc) is 3.29. The summed E-state index contributed by atoms with van der Waals surface area (Å²) in [5, 5.41) is 7.47. The number of amides is 1. The van der Waals surface area contributed by atoms with Crippen LogP contribution in [0, 0.1) is 0 Å². The molecule has 37 heavy (non-hydrogen) atoms. The highest BCUT2D eigenvalue weighted by molar-refractivity contribution is 5.95. The van der Waals surface area contributed by atoms with Crippen LogP contribution in [0.2, 0.25) is 0 Å². The van der Waals surface area contributed by atoms with Crippen LogP contribution >= 0.6 is 12.4 Å². The molecule has 0 bridgehead atoms. The van der Waals surface area contributed by atoms with Gasteiger partial charge in [-0.2, -0.15) is 18.3 Å². The average molecular weight is 538 g/mol. The van der Waals surface area contributed by atoms with Crippen LogP contribution in [0.1, 0.15) is 34.4 Å². The molecule has 5 rings (SSSR count). The second-order valence-electron chi connectivity index (χ2n) is 9.01. The van der Waals surface area contributed by atoms with Crippen molar-refractivity contribution < 1.29 is 27.4 Å². The zero-order valence-electron chi connectivity index (χ0n) is 20.2. The zero-order valence-corrected chi connectivity index (χ0v) is 21.0. The molecule has 0 spiro atoms. The number of nitrogens with two attached hydrogens (primary N) is 1. The fourth-order valence-corrected chi connectivity index (χ4v) is 4.65. The summed E-state index contributed by atoms with van der Waals surface area (Å²) in [4.78, 5) is 14.1. The number of alkyl halides is 3. The molecule has 0 radical (unpaired) electrons. The molecule has 2 atom stereocenters. The minimum Gasteiger partial charge on any atom is -0.493 e. The van der Waals surface area contributed by atoms with Crippen molar-refractivity contribution in [2.45, 2.75) is 30.7 Å². The number of nitrogens with zero attached hydrogens (tertiary/aromatic N) is 3. The Kier molecular flexibility index (Phi) is 7.29. The number of carbonyl (C=O) groups excluding carboxylic acids is 1. The van der Waals surface area contributed by atoms with Gasteiger partial charge in [0.25, 0.3) is 5.91 Å². The van der Waals surface area contributed by atoms with Crippen molar-refractivity contribution in [3.05, 3.63) is 59.7 Å². The highest BCUT2D eigenvalue weighted by Gasteiger charge is 2.46. The smallest absolute Gasteiger partial charge is 0.410 e. The fraction of sp³-hybridized carbons (Fsp3) is 0.360. The van der Waals surface area contributed by atoms with Gasteiger partial charge in [0, 0.05) is 42.7 Å². The van der Waals surface area contributed by atoms with Gasteiger partial charge in [-0.25, -0.2) is 4.68 Å². The van der Waals surface area contributed by atoms with Gasteiger partial charge in [0.05, 0.1) is 26.0 Å². The number of benzene rings is 2. The van der Waals surface area contributed by atoms with Gasteiger partial charge in [0.15, 0.2) is 17.5 Å². The number of aromatic nitrogens is 2. The van der Waals surface area contributed by atoms with E-state index in [4.69, 9.17) is 15.2 Å². The zero-order chi connectivity index (χ0) is 25.6. The monoisotopic (exact) mass is 537 g/mol. The molecule has 1 fully saturated rings. The first-order valence-corrected chi connectivity index (χ1v) is 11.5. The van der Waals surface area contributed by atoms with Gasteiger partial charge in [-0.1, -0.05) is 18.2 Å². The molecule has 2 aromatic carbocycles. The Morgan fingerprint density at radius 3 is 2.32 bits per heavy atom. The summed E-state index contributed by atoms with van der Waals surface area (Å²) < 4.78 is 53.8. The van der Waals surface area contributed by atoms with E-state index in [0.717, 1.165) is 4.68 Å². The van der Waals surface area contributed by atoms with Crippen LogP contribution in [0.15, 0.2) is 48.5 Å². The number of fused-ring (bicyclic) bond motifs is 1. The van der Waals surface area contributed by atoms with Gasteiger partial charge >= 0.3 is 6.18 Å². The molecule has 198 valence electrons. The van der Waals surface area contributed by atoms with Crippen LogP contribution in [-0.2, 0) is 0 Å². The van der Waals surface area contributed by atoms with E-state index >= 15 is 0 Å².